The van der Waals surface area contributed by atoms with E-state index in [4.69, 9.17) is 11.6 Å². The second-order valence-electron chi connectivity index (χ2n) is 4.19. The van der Waals surface area contributed by atoms with E-state index in [1.165, 1.54) is 4.31 Å². The molecule has 1 N–H and O–H groups in total. The fraction of sp³-hybridized carbons (Fsp3) is 1.00. The molecule has 0 aliphatic rings. The molecule has 0 aliphatic carbocycles. The summed E-state index contributed by atoms with van der Waals surface area (Å²) in [4.78, 5) is 0. The zero-order valence-corrected chi connectivity index (χ0v) is 12.1. The van der Waals surface area contributed by atoms with E-state index in [0.717, 1.165) is 6.42 Å². The number of rotatable bonds is 8. The van der Waals surface area contributed by atoms with Crippen LogP contribution in [0.15, 0.2) is 0 Å². The summed E-state index contributed by atoms with van der Waals surface area (Å²) in [6, 6.07) is -0.188. The van der Waals surface area contributed by atoms with Gasteiger partial charge in [0.05, 0.1) is 0 Å². The Morgan fingerprint density at radius 2 is 1.75 bits per heavy atom. The molecule has 0 aromatic carbocycles. The Balaban J connectivity index is 4.53. The van der Waals surface area contributed by atoms with Gasteiger partial charge in [0.15, 0.2) is 0 Å². The summed E-state index contributed by atoms with van der Waals surface area (Å²) in [6.45, 7) is 8.68. The van der Waals surface area contributed by atoms with E-state index in [9.17, 15) is 8.42 Å². The van der Waals surface area contributed by atoms with Crippen molar-refractivity contribution in [1.29, 1.82) is 0 Å². The lowest BCUT2D eigenvalue weighted by atomic mass is 10.1. The summed E-state index contributed by atoms with van der Waals surface area (Å²) >= 11 is 5.76. The molecule has 0 saturated carbocycles. The zero-order chi connectivity index (χ0) is 12.8. The first-order valence-electron chi connectivity index (χ1n) is 5.70. The first-order chi connectivity index (χ1) is 7.37. The lowest BCUT2D eigenvalue weighted by molar-refractivity contribution is 0.416. The van der Waals surface area contributed by atoms with Crippen LogP contribution < -0.4 is 4.72 Å². The average molecular weight is 271 g/mol. The SMILES string of the molecule is CCN(CC)S(=O)(=O)NC(CCl)CC(C)C. The molecule has 98 valence electrons. The maximum absolute atomic E-state index is 11.9. The fourth-order valence-corrected chi connectivity index (χ4v) is 3.28. The third kappa shape index (κ3) is 5.48. The lowest BCUT2D eigenvalue weighted by Gasteiger charge is -2.24. The van der Waals surface area contributed by atoms with Crippen molar-refractivity contribution in [3.05, 3.63) is 0 Å². The van der Waals surface area contributed by atoms with Gasteiger partial charge >= 0.3 is 0 Å². The Morgan fingerprint density at radius 3 is 2.06 bits per heavy atom. The van der Waals surface area contributed by atoms with Crippen LogP contribution in [0, 0.1) is 5.92 Å². The largest absolute Gasteiger partial charge is 0.279 e. The molecule has 0 aromatic heterocycles. The van der Waals surface area contributed by atoms with Crippen LogP contribution in [0.25, 0.3) is 0 Å². The summed E-state index contributed by atoms with van der Waals surface area (Å²) < 4.78 is 27.8. The number of nitrogens with zero attached hydrogens (tertiary/aromatic N) is 1. The molecular formula is C10H23ClN2O2S. The molecule has 0 fully saturated rings. The normalized spacial score (nSPS) is 14.7. The minimum atomic E-state index is -3.38. The molecule has 0 heterocycles. The summed E-state index contributed by atoms with van der Waals surface area (Å²) in [5.41, 5.74) is 0. The molecule has 1 atom stereocenters. The van der Waals surface area contributed by atoms with E-state index in [-0.39, 0.29) is 6.04 Å². The highest BCUT2D eigenvalue weighted by Gasteiger charge is 2.22. The second-order valence-corrected chi connectivity index (χ2v) is 6.20. The van der Waals surface area contributed by atoms with Gasteiger partial charge in [-0.3, -0.25) is 0 Å². The van der Waals surface area contributed by atoms with Crippen molar-refractivity contribution in [2.24, 2.45) is 5.92 Å². The van der Waals surface area contributed by atoms with Gasteiger partial charge in [0.1, 0.15) is 0 Å². The Bertz CT molecular complexity index is 277. The molecule has 0 bridgehead atoms. The summed E-state index contributed by atoms with van der Waals surface area (Å²) in [5, 5.41) is 0. The lowest BCUT2D eigenvalue weighted by Crippen LogP contribution is -2.46. The summed E-state index contributed by atoms with van der Waals surface area (Å²) in [7, 11) is -3.38. The van der Waals surface area contributed by atoms with Crippen LogP contribution in [0.1, 0.15) is 34.1 Å². The van der Waals surface area contributed by atoms with Gasteiger partial charge in [-0.1, -0.05) is 27.7 Å². The molecule has 0 aromatic rings. The fourth-order valence-electron chi connectivity index (χ4n) is 1.56. The molecule has 0 aliphatic heterocycles. The number of hydrogen-bond acceptors (Lipinski definition) is 2. The number of nitrogens with one attached hydrogen (secondary N) is 1. The highest BCUT2D eigenvalue weighted by Crippen LogP contribution is 2.09. The smallest absolute Gasteiger partial charge is 0.198 e. The monoisotopic (exact) mass is 270 g/mol. The van der Waals surface area contributed by atoms with E-state index >= 15 is 0 Å². The van der Waals surface area contributed by atoms with Gasteiger partial charge in [-0.2, -0.15) is 17.4 Å². The van der Waals surface area contributed by atoms with Crippen molar-refractivity contribution in [1.82, 2.24) is 9.03 Å². The standard InChI is InChI=1S/C10H23ClN2O2S/c1-5-13(6-2)16(14,15)12-10(8-11)7-9(3)4/h9-10,12H,5-8H2,1-4H3. The first-order valence-corrected chi connectivity index (χ1v) is 7.68. The maximum Gasteiger partial charge on any atom is 0.279 e. The first kappa shape index (κ1) is 16.2. The van der Waals surface area contributed by atoms with Crippen LogP contribution >= 0.6 is 11.6 Å². The number of alkyl halides is 1. The molecule has 4 nitrogen and oxygen atoms in total. The van der Waals surface area contributed by atoms with Crippen LogP contribution in [0.2, 0.25) is 0 Å². The minimum Gasteiger partial charge on any atom is -0.198 e. The van der Waals surface area contributed by atoms with Crippen molar-refractivity contribution in [2.45, 2.75) is 40.2 Å². The van der Waals surface area contributed by atoms with Crippen molar-refractivity contribution in [3.8, 4) is 0 Å². The Labute approximate surface area is 105 Å². The van der Waals surface area contributed by atoms with Gasteiger partial charge in [0.25, 0.3) is 10.2 Å². The van der Waals surface area contributed by atoms with Crippen LogP contribution in [-0.2, 0) is 10.2 Å². The summed E-state index contributed by atoms with van der Waals surface area (Å²) in [6.07, 6.45) is 0.754. The molecule has 0 amide bonds. The Kier molecular flexibility index (Phi) is 7.55. The molecule has 6 heteroatoms. The van der Waals surface area contributed by atoms with Crippen molar-refractivity contribution in [3.63, 3.8) is 0 Å². The molecular weight excluding hydrogens is 248 g/mol. The van der Waals surface area contributed by atoms with Crippen LogP contribution in [0.5, 0.6) is 0 Å². The predicted molar refractivity (Wildman–Crippen MR) is 68.9 cm³/mol. The summed E-state index contributed by atoms with van der Waals surface area (Å²) in [5.74, 6) is 0.724. The Morgan fingerprint density at radius 1 is 1.25 bits per heavy atom. The van der Waals surface area contributed by atoms with Gasteiger partial charge in [0, 0.05) is 25.0 Å². The second kappa shape index (κ2) is 7.48. The maximum atomic E-state index is 11.9. The molecule has 0 rings (SSSR count). The van der Waals surface area contributed by atoms with E-state index < -0.39 is 10.2 Å². The van der Waals surface area contributed by atoms with Crippen LogP contribution in [-0.4, -0.2) is 37.7 Å². The molecule has 16 heavy (non-hydrogen) atoms. The number of halogens is 1. The van der Waals surface area contributed by atoms with E-state index in [0.29, 0.717) is 24.9 Å². The third-order valence-corrected chi connectivity index (χ3v) is 4.50. The quantitative estimate of drug-likeness (QED) is 0.684. The molecule has 0 saturated heterocycles. The average Bonchev–Trinajstić information content (AvgIpc) is 2.16. The van der Waals surface area contributed by atoms with Gasteiger partial charge in [-0.15, -0.1) is 11.6 Å². The van der Waals surface area contributed by atoms with E-state index in [1.807, 2.05) is 27.7 Å². The highest BCUT2D eigenvalue weighted by atomic mass is 35.5. The van der Waals surface area contributed by atoms with Gasteiger partial charge in [-0.05, 0) is 12.3 Å². The van der Waals surface area contributed by atoms with Gasteiger partial charge in [0.2, 0.25) is 0 Å². The van der Waals surface area contributed by atoms with Crippen molar-refractivity contribution >= 4 is 21.8 Å². The topological polar surface area (TPSA) is 49.4 Å². The van der Waals surface area contributed by atoms with Crippen molar-refractivity contribution in [2.75, 3.05) is 19.0 Å². The van der Waals surface area contributed by atoms with Crippen LogP contribution in [0.4, 0.5) is 0 Å². The molecule has 0 radical (unpaired) electrons. The zero-order valence-electron chi connectivity index (χ0n) is 10.5. The minimum absolute atomic E-state index is 0.188. The predicted octanol–water partition coefficient (Wildman–Crippen LogP) is 1.82. The van der Waals surface area contributed by atoms with E-state index in [2.05, 4.69) is 4.72 Å². The van der Waals surface area contributed by atoms with Crippen molar-refractivity contribution < 1.29 is 8.42 Å². The van der Waals surface area contributed by atoms with Gasteiger partial charge in [-0.25, -0.2) is 0 Å². The highest BCUT2D eigenvalue weighted by molar-refractivity contribution is 7.87. The Hall–Kier alpha value is 0.160. The molecule has 1 unspecified atom stereocenters. The van der Waals surface area contributed by atoms with E-state index in [1.54, 1.807) is 0 Å². The third-order valence-electron chi connectivity index (χ3n) is 2.30. The number of hydrogen-bond donors (Lipinski definition) is 1. The molecule has 0 spiro atoms. The van der Waals surface area contributed by atoms with Crippen LogP contribution in [0.3, 0.4) is 0 Å². The van der Waals surface area contributed by atoms with Gasteiger partial charge < -0.3 is 0 Å².